The van der Waals surface area contributed by atoms with E-state index < -0.39 is 12.0 Å². The Kier molecular flexibility index (Phi) is 12.3. The van der Waals surface area contributed by atoms with Crippen LogP contribution in [0.3, 0.4) is 0 Å². The molecule has 1 fully saturated rings. The van der Waals surface area contributed by atoms with Gasteiger partial charge in [-0.25, -0.2) is 4.79 Å². The fourth-order valence-electron chi connectivity index (χ4n) is 0.621. The van der Waals surface area contributed by atoms with E-state index in [9.17, 15) is 19.5 Å². The van der Waals surface area contributed by atoms with Gasteiger partial charge >= 0.3 is 57.4 Å². The topological polar surface area (TPSA) is 98.3 Å². The van der Waals surface area contributed by atoms with Crippen molar-refractivity contribution in [2.24, 2.45) is 0 Å². The van der Waals surface area contributed by atoms with E-state index in [1.165, 1.54) is 6.08 Å². The van der Waals surface area contributed by atoms with Crippen LogP contribution in [0.1, 0.15) is 6.92 Å². The molecule has 82 valence electrons. The molecule has 0 aromatic heterocycles. The number of nitrogens with one attached hydrogen (secondary N) is 2. The molecule has 1 rings (SSSR count). The van der Waals surface area contributed by atoms with E-state index >= 15 is 0 Å². The number of hydrogen-bond donors (Lipinski definition) is 2. The molecule has 1 heterocycles. The third-order valence-corrected chi connectivity index (χ3v) is 1.20. The van der Waals surface area contributed by atoms with Gasteiger partial charge in [0.2, 0.25) is 5.91 Å². The standard InChI is InChI=1S/C6H8O2.C3H4N2O2.K/c1-2-3-4-5-6(7)8;6-2-1-4-3(7)5-2;/h2-5H,1H3,(H,7,8);1H2,(H2,4,5,6,7);/q;;+1/p-1/b3-2+,5-4+;;. The van der Waals surface area contributed by atoms with Crippen molar-refractivity contribution < 1.29 is 70.9 Å². The second kappa shape index (κ2) is 11.0. The number of aliphatic carboxylic acids is 1. The quantitative estimate of drug-likeness (QED) is 0.224. The summed E-state index contributed by atoms with van der Waals surface area (Å²) in [7, 11) is 0. The average Bonchev–Trinajstić information content (AvgIpc) is 2.51. The third-order valence-electron chi connectivity index (χ3n) is 1.20. The van der Waals surface area contributed by atoms with E-state index in [-0.39, 0.29) is 63.8 Å². The summed E-state index contributed by atoms with van der Waals surface area (Å²) in [4.78, 5) is 29.7. The number of carboxylic acids is 1. The molecule has 0 atom stereocenters. The molecule has 16 heavy (non-hydrogen) atoms. The van der Waals surface area contributed by atoms with Crippen LogP contribution in [0.5, 0.6) is 0 Å². The van der Waals surface area contributed by atoms with Crippen LogP contribution in [0.15, 0.2) is 24.3 Å². The van der Waals surface area contributed by atoms with Crippen molar-refractivity contribution in [3.63, 3.8) is 0 Å². The van der Waals surface area contributed by atoms with Gasteiger partial charge in [-0.2, -0.15) is 0 Å². The van der Waals surface area contributed by atoms with E-state index in [0.717, 1.165) is 6.08 Å². The first-order valence-electron chi connectivity index (χ1n) is 4.14. The summed E-state index contributed by atoms with van der Waals surface area (Å²) in [6, 6.07) is -0.398. The first kappa shape index (κ1) is 17.9. The number of carbonyl (C=O) groups excluding carboxylic acids is 3. The molecule has 0 bridgehead atoms. The van der Waals surface area contributed by atoms with E-state index in [1.807, 2.05) is 5.32 Å². The smallest absolute Gasteiger partial charge is 0.545 e. The predicted octanol–water partition coefficient (Wildman–Crippen LogP) is -4.30. The fourth-order valence-corrected chi connectivity index (χ4v) is 0.621. The van der Waals surface area contributed by atoms with Crippen LogP contribution in [0.4, 0.5) is 4.79 Å². The summed E-state index contributed by atoms with van der Waals surface area (Å²) in [5.41, 5.74) is 0. The zero-order valence-corrected chi connectivity index (χ0v) is 12.3. The summed E-state index contributed by atoms with van der Waals surface area (Å²) < 4.78 is 0. The van der Waals surface area contributed by atoms with E-state index in [1.54, 1.807) is 19.1 Å². The summed E-state index contributed by atoms with van der Waals surface area (Å²) in [5.74, 6) is -1.42. The van der Waals surface area contributed by atoms with Crippen molar-refractivity contribution in [1.29, 1.82) is 0 Å². The molecular weight excluding hydrogens is 239 g/mol. The number of urea groups is 1. The van der Waals surface area contributed by atoms with Gasteiger partial charge in [0, 0.05) is 0 Å². The van der Waals surface area contributed by atoms with Crippen LogP contribution in [0.25, 0.3) is 0 Å². The third kappa shape index (κ3) is 11.6. The molecule has 0 aliphatic carbocycles. The minimum absolute atomic E-state index is 0. The number of amides is 3. The maximum atomic E-state index is 10.1. The Bertz CT molecular complexity index is 299. The second-order valence-corrected chi connectivity index (χ2v) is 2.43. The fraction of sp³-hybridized carbons (Fsp3) is 0.222. The van der Waals surface area contributed by atoms with E-state index in [4.69, 9.17) is 0 Å². The van der Waals surface area contributed by atoms with E-state index in [0.29, 0.717) is 0 Å². The van der Waals surface area contributed by atoms with Crippen LogP contribution >= 0.6 is 0 Å². The van der Waals surface area contributed by atoms with Gasteiger partial charge in [0.05, 0.1) is 12.5 Å². The van der Waals surface area contributed by atoms with Gasteiger partial charge in [-0.1, -0.05) is 18.2 Å². The minimum Gasteiger partial charge on any atom is -0.545 e. The SMILES string of the molecule is C/C=C/C=C/C(=O)[O-].O=C1CNC(=O)N1.[K+]. The molecule has 1 aliphatic heterocycles. The summed E-state index contributed by atoms with van der Waals surface area (Å²) >= 11 is 0. The Hall–Kier alpha value is -0.474. The van der Waals surface area contributed by atoms with Crippen LogP contribution in [0.2, 0.25) is 0 Å². The van der Waals surface area contributed by atoms with Crippen molar-refractivity contribution in [3.8, 4) is 0 Å². The zero-order chi connectivity index (χ0) is 11.7. The molecule has 6 nitrogen and oxygen atoms in total. The predicted molar refractivity (Wildman–Crippen MR) is 50.5 cm³/mol. The largest absolute Gasteiger partial charge is 1.00 e. The van der Waals surface area contributed by atoms with Crippen LogP contribution in [-0.2, 0) is 9.59 Å². The van der Waals surface area contributed by atoms with Gasteiger partial charge in [0.1, 0.15) is 0 Å². The molecule has 0 spiro atoms. The normalized spacial score (nSPS) is 13.8. The van der Waals surface area contributed by atoms with Gasteiger partial charge in [-0.15, -0.1) is 0 Å². The molecule has 0 aromatic rings. The Balaban J connectivity index is 0. The maximum absolute atomic E-state index is 10.1. The van der Waals surface area contributed by atoms with Crippen molar-refractivity contribution in [1.82, 2.24) is 10.6 Å². The van der Waals surface area contributed by atoms with Gasteiger partial charge in [0.25, 0.3) is 0 Å². The Morgan fingerprint density at radius 1 is 1.38 bits per heavy atom. The Morgan fingerprint density at radius 3 is 2.25 bits per heavy atom. The molecule has 3 amide bonds. The number of rotatable bonds is 2. The minimum atomic E-state index is -1.16. The number of carbonyl (C=O) groups is 3. The number of carboxylic acid groups (broad SMARTS) is 1. The molecule has 7 heteroatoms. The molecule has 0 saturated carbocycles. The van der Waals surface area contributed by atoms with Crippen LogP contribution in [0, 0.1) is 0 Å². The van der Waals surface area contributed by atoms with Gasteiger partial charge < -0.3 is 15.2 Å². The van der Waals surface area contributed by atoms with Crippen molar-refractivity contribution in [2.45, 2.75) is 6.92 Å². The molecule has 0 unspecified atom stereocenters. The maximum Gasteiger partial charge on any atom is 1.00 e. The average molecular weight is 250 g/mol. The number of allylic oxidation sites excluding steroid dienone is 3. The summed E-state index contributed by atoms with van der Waals surface area (Å²) in [5, 5.41) is 13.9. The molecule has 1 aliphatic rings. The van der Waals surface area contributed by atoms with Gasteiger partial charge in [-0.3, -0.25) is 10.1 Å². The molecule has 0 aromatic carbocycles. The summed E-state index contributed by atoms with van der Waals surface area (Å²) in [6.45, 7) is 1.93. The summed E-state index contributed by atoms with van der Waals surface area (Å²) in [6.07, 6.45) is 5.74. The molecule has 1 saturated heterocycles. The van der Waals surface area contributed by atoms with Gasteiger partial charge in [-0.05, 0) is 13.0 Å². The van der Waals surface area contributed by atoms with Crippen molar-refractivity contribution in [3.05, 3.63) is 24.3 Å². The Labute approximate surface area is 136 Å². The molecule has 0 radical (unpaired) electrons. The second-order valence-electron chi connectivity index (χ2n) is 2.43. The Morgan fingerprint density at radius 2 is 2.00 bits per heavy atom. The molecule has 2 N–H and O–H groups in total. The van der Waals surface area contributed by atoms with Crippen LogP contribution in [-0.4, -0.2) is 24.5 Å². The van der Waals surface area contributed by atoms with Crippen molar-refractivity contribution >= 4 is 17.9 Å². The van der Waals surface area contributed by atoms with Crippen molar-refractivity contribution in [2.75, 3.05) is 6.54 Å². The number of imide groups is 1. The van der Waals surface area contributed by atoms with E-state index in [2.05, 4.69) is 5.32 Å². The van der Waals surface area contributed by atoms with Crippen LogP contribution < -0.4 is 67.1 Å². The number of hydrogen-bond acceptors (Lipinski definition) is 4. The monoisotopic (exact) mass is 250 g/mol. The zero-order valence-electron chi connectivity index (χ0n) is 9.15. The first-order chi connectivity index (χ1) is 7.06. The molecular formula is C9H11KN2O4. The van der Waals surface area contributed by atoms with Gasteiger partial charge in [0.15, 0.2) is 0 Å². The first-order valence-corrected chi connectivity index (χ1v) is 4.14.